The third-order valence-electron chi connectivity index (χ3n) is 2.41. The third kappa shape index (κ3) is 1.72. The highest BCUT2D eigenvalue weighted by atomic mass is 35.5. The summed E-state index contributed by atoms with van der Waals surface area (Å²) in [4.78, 5) is 4.06. The van der Waals surface area contributed by atoms with Crippen molar-refractivity contribution < 1.29 is 4.74 Å². The number of rotatable bonds is 2. The van der Waals surface area contributed by atoms with Crippen molar-refractivity contribution in [1.82, 2.24) is 9.55 Å². The van der Waals surface area contributed by atoms with Crippen LogP contribution in [0.5, 0.6) is 5.75 Å². The molecule has 0 amide bonds. The van der Waals surface area contributed by atoms with Crippen molar-refractivity contribution in [3.63, 3.8) is 0 Å². The van der Waals surface area contributed by atoms with Crippen LogP contribution in [0.1, 0.15) is 0 Å². The number of aromatic nitrogens is 2. The standard InChI is InChI=1S/C11H12ClN3O/c1-15-6-14-5-10(15)7-3-8(12)9(13)4-11(7)16-2/h3-6H,13H2,1-2H3. The fraction of sp³-hybridized carbons (Fsp3) is 0.182. The summed E-state index contributed by atoms with van der Waals surface area (Å²) in [6.45, 7) is 0. The highest BCUT2D eigenvalue weighted by Gasteiger charge is 2.12. The van der Waals surface area contributed by atoms with Crippen LogP contribution < -0.4 is 10.5 Å². The molecule has 0 bridgehead atoms. The number of nitrogen functional groups attached to an aromatic ring is 1. The number of aryl methyl sites for hydroxylation is 1. The Kier molecular flexibility index (Phi) is 2.75. The van der Waals surface area contributed by atoms with Crippen molar-refractivity contribution in [2.24, 2.45) is 7.05 Å². The molecule has 2 aromatic rings. The van der Waals surface area contributed by atoms with Gasteiger partial charge in [-0.25, -0.2) is 4.98 Å². The van der Waals surface area contributed by atoms with Crippen LogP contribution in [-0.4, -0.2) is 16.7 Å². The van der Waals surface area contributed by atoms with Gasteiger partial charge in [0.1, 0.15) is 5.75 Å². The van der Waals surface area contributed by atoms with Gasteiger partial charge in [0.2, 0.25) is 0 Å². The second-order valence-electron chi connectivity index (χ2n) is 3.46. The molecule has 0 saturated carbocycles. The molecule has 5 heteroatoms. The van der Waals surface area contributed by atoms with Crippen LogP contribution in [0.4, 0.5) is 5.69 Å². The van der Waals surface area contributed by atoms with Gasteiger partial charge in [0.25, 0.3) is 0 Å². The molecule has 1 aromatic carbocycles. The molecule has 0 saturated heterocycles. The first-order chi connectivity index (χ1) is 7.63. The van der Waals surface area contributed by atoms with Gasteiger partial charge >= 0.3 is 0 Å². The summed E-state index contributed by atoms with van der Waals surface area (Å²) in [5, 5.41) is 0.511. The maximum absolute atomic E-state index is 6.00. The molecule has 1 aromatic heterocycles. The molecule has 0 atom stereocenters. The average Bonchev–Trinajstić information content (AvgIpc) is 2.68. The van der Waals surface area contributed by atoms with Gasteiger partial charge in [0.15, 0.2) is 0 Å². The van der Waals surface area contributed by atoms with Gasteiger partial charge in [-0.1, -0.05) is 11.6 Å². The fourth-order valence-corrected chi connectivity index (χ4v) is 1.72. The summed E-state index contributed by atoms with van der Waals surface area (Å²) in [5.74, 6) is 0.686. The smallest absolute Gasteiger partial charge is 0.130 e. The first-order valence-electron chi connectivity index (χ1n) is 4.73. The predicted octanol–water partition coefficient (Wildman–Crippen LogP) is 2.33. The lowest BCUT2D eigenvalue weighted by molar-refractivity contribution is 0.416. The van der Waals surface area contributed by atoms with E-state index < -0.39 is 0 Å². The lowest BCUT2D eigenvalue weighted by atomic mass is 10.1. The summed E-state index contributed by atoms with van der Waals surface area (Å²) < 4.78 is 7.17. The normalized spacial score (nSPS) is 10.4. The molecule has 0 aliphatic heterocycles. The largest absolute Gasteiger partial charge is 0.496 e. The van der Waals surface area contributed by atoms with Gasteiger partial charge in [0, 0.05) is 18.7 Å². The molecule has 0 spiro atoms. The topological polar surface area (TPSA) is 53.1 Å². The van der Waals surface area contributed by atoms with Crippen molar-refractivity contribution in [2.45, 2.75) is 0 Å². The Morgan fingerprint density at radius 2 is 2.19 bits per heavy atom. The van der Waals surface area contributed by atoms with E-state index in [-0.39, 0.29) is 0 Å². The third-order valence-corrected chi connectivity index (χ3v) is 2.74. The highest BCUT2D eigenvalue weighted by Crippen LogP contribution is 2.35. The zero-order chi connectivity index (χ0) is 11.7. The second-order valence-corrected chi connectivity index (χ2v) is 3.87. The molecule has 2 rings (SSSR count). The molecule has 2 N–H and O–H groups in total. The van der Waals surface area contributed by atoms with Gasteiger partial charge < -0.3 is 15.0 Å². The SMILES string of the molecule is COc1cc(N)c(Cl)cc1-c1cncn1C. The number of nitrogens with two attached hydrogens (primary N) is 1. The van der Waals surface area contributed by atoms with E-state index in [1.807, 2.05) is 11.6 Å². The molecule has 1 heterocycles. The molecule has 0 aliphatic rings. The lowest BCUT2D eigenvalue weighted by Gasteiger charge is -2.11. The number of hydrogen-bond donors (Lipinski definition) is 1. The van der Waals surface area contributed by atoms with E-state index in [1.54, 1.807) is 31.8 Å². The molecule has 0 radical (unpaired) electrons. The predicted molar refractivity (Wildman–Crippen MR) is 64.6 cm³/mol. The Labute approximate surface area is 98.6 Å². The second kappa shape index (κ2) is 4.06. The zero-order valence-electron chi connectivity index (χ0n) is 9.07. The van der Waals surface area contributed by atoms with Gasteiger partial charge in [-0.2, -0.15) is 0 Å². The number of nitrogens with zero attached hydrogens (tertiary/aromatic N) is 2. The summed E-state index contributed by atoms with van der Waals surface area (Å²) in [6, 6.07) is 3.50. The monoisotopic (exact) mass is 237 g/mol. The number of ether oxygens (including phenoxy) is 1. The lowest BCUT2D eigenvalue weighted by Crippen LogP contribution is -1.96. The van der Waals surface area contributed by atoms with Crippen LogP contribution in [0, 0.1) is 0 Å². The zero-order valence-corrected chi connectivity index (χ0v) is 9.82. The van der Waals surface area contributed by atoms with Crippen LogP contribution in [-0.2, 0) is 7.05 Å². The number of imidazole rings is 1. The molecule has 0 fully saturated rings. The molecule has 0 aliphatic carbocycles. The summed E-state index contributed by atoms with van der Waals surface area (Å²) in [5.41, 5.74) is 8.03. The Balaban J connectivity index is 2.64. The molecular weight excluding hydrogens is 226 g/mol. The Morgan fingerprint density at radius 1 is 1.44 bits per heavy atom. The van der Waals surface area contributed by atoms with Crippen LogP contribution >= 0.6 is 11.6 Å². The first-order valence-corrected chi connectivity index (χ1v) is 5.11. The summed E-state index contributed by atoms with van der Waals surface area (Å²) in [6.07, 6.45) is 3.48. The van der Waals surface area contributed by atoms with Crippen molar-refractivity contribution in [2.75, 3.05) is 12.8 Å². The minimum atomic E-state index is 0.504. The van der Waals surface area contributed by atoms with Crippen LogP contribution in [0.25, 0.3) is 11.3 Å². The first kappa shape index (κ1) is 10.8. The summed E-state index contributed by atoms with van der Waals surface area (Å²) >= 11 is 6.00. The van der Waals surface area contributed by atoms with E-state index in [0.717, 1.165) is 11.3 Å². The average molecular weight is 238 g/mol. The van der Waals surface area contributed by atoms with Gasteiger partial charge in [0.05, 0.1) is 36.0 Å². The minimum Gasteiger partial charge on any atom is -0.496 e. The number of methoxy groups -OCH3 is 1. The molecule has 0 unspecified atom stereocenters. The van der Waals surface area contributed by atoms with E-state index in [1.165, 1.54) is 0 Å². The van der Waals surface area contributed by atoms with Crippen molar-refractivity contribution in [3.05, 3.63) is 29.7 Å². The summed E-state index contributed by atoms with van der Waals surface area (Å²) in [7, 11) is 3.51. The fourth-order valence-electron chi connectivity index (χ4n) is 1.55. The van der Waals surface area contributed by atoms with Gasteiger partial charge in [-0.15, -0.1) is 0 Å². The highest BCUT2D eigenvalue weighted by molar-refractivity contribution is 6.33. The quantitative estimate of drug-likeness (QED) is 0.816. The van der Waals surface area contributed by atoms with Gasteiger partial charge in [-0.05, 0) is 6.07 Å². The van der Waals surface area contributed by atoms with Crippen LogP contribution in [0.2, 0.25) is 5.02 Å². The maximum atomic E-state index is 6.00. The van der Waals surface area contributed by atoms with E-state index in [9.17, 15) is 0 Å². The molecular formula is C11H12ClN3O. The number of anilines is 1. The van der Waals surface area contributed by atoms with E-state index in [0.29, 0.717) is 16.5 Å². The van der Waals surface area contributed by atoms with E-state index in [2.05, 4.69) is 4.98 Å². The van der Waals surface area contributed by atoms with Crippen LogP contribution in [0.3, 0.4) is 0 Å². The number of halogens is 1. The number of benzene rings is 1. The van der Waals surface area contributed by atoms with E-state index >= 15 is 0 Å². The minimum absolute atomic E-state index is 0.504. The Hall–Kier alpha value is -1.68. The maximum Gasteiger partial charge on any atom is 0.130 e. The molecule has 84 valence electrons. The van der Waals surface area contributed by atoms with Crippen molar-refractivity contribution >= 4 is 17.3 Å². The molecule has 16 heavy (non-hydrogen) atoms. The van der Waals surface area contributed by atoms with Crippen molar-refractivity contribution in [3.8, 4) is 17.0 Å². The van der Waals surface area contributed by atoms with E-state index in [4.69, 9.17) is 22.1 Å². The Morgan fingerprint density at radius 3 is 2.75 bits per heavy atom. The molecule has 4 nitrogen and oxygen atoms in total. The Bertz CT molecular complexity index is 522. The number of hydrogen-bond acceptors (Lipinski definition) is 3. The van der Waals surface area contributed by atoms with Gasteiger partial charge in [-0.3, -0.25) is 0 Å². The van der Waals surface area contributed by atoms with Crippen molar-refractivity contribution in [1.29, 1.82) is 0 Å². The van der Waals surface area contributed by atoms with Crippen LogP contribution in [0.15, 0.2) is 24.7 Å².